The lowest BCUT2D eigenvalue weighted by atomic mass is 9.92. The van der Waals surface area contributed by atoms with Gasteiger partial charge in [-0.1, -0.05) is 23.7 Å². The second-order valence-corrected chi connectivity index (χ2v) is 10.3. The van der Waals surface area contributed by atoms with Crippen LogP contribution in [-0.4, -0.2) is 40.0 Å². The van der Waals surface area contributed by atoms with Crippen LogP contribution in [0.15, 0.2) is 91.1 Å². The van der Waals surface area contributed by atoms with Gasteiger partial charge < -0.3 is 25.2 Å². The van der Waals surface area contributed by atoms with E-state index in [4.69, 9.17) is 21.1 Å². The van der Waals surface area contributed by atoms with Gasteiger partial charge in [-0.15, -0.1) is 0 Å². The number of aromatic carboxylic acids is 1. The highest BCUT2D eigenvalue weighted by molar-refractivity contribution is 6.30. The van der Waals surface area contributed by atoms with Crippen molar-refractivity contribution in [2.45, 2.75) is 37.8 Å². The molecule has 1 aliphatic carbocycles. The summed E-state index contributed by atoms with van der Waals surface area (Å²) in [5.74, 6) is -0.144. The van der Waals surface area contributed by atoms with E-state index in [9.17, 15) is 19.5 Å². The summed E-state index contributed by atoms with van der Waals surface area (Å²) >= 11 is 5.90. The average Bonchev–Trinajstić information content (AvgIpc) is 3.00. The normalized spacial score (nSPS) is 16.2. The fraction of sp³-hybridized carbons (Fsp3) is 0.188. The molecular weight excluding hydrogens is 558 g/mol. The molecule has 0 saturated heterocycles. The number of amides is 2. The first-order valence-corrected chi connectivity index (χ1v) is 13.8. The van der Waals surface area contributed by atoms with Crippen LogP contribution in [0.5, 0.6) is 17.4 Å². The van der Waals surface area contributed by atoms with E-state index in [1.165, 1.54) is 18.3 Å². The number of hydrogen-bond donors (Lipinski definition) is 3. The zero-order valence-corrected chi connectivity index (χ0v) is 23.2. The predicted molar refractivity (Wildman–Crippen MR) is 158 cm³/mol. The van der Waals surface area contributed by atoms with Gasteiger partial charge in [0.15, 0.2) is 0 Å². The van der Waals surface area contributed by atoms with Gasteiger partial charge in [-0.05, 0) is 92.4 Å². The van der Waals surface area contributed by atoms with Crippen molar-refractivity contribution in [1.29, 1.82) is 0 Å². The summed E-state index contributed by atoms with van der Waals surface area (Å²) in [6, 6.07) is 23.4. The van der Waals surface area contributed by atoms with Crippen LogP contribution >= 0.6 is 11.6 Å². The number of para-hydroxylation sites is 1. The SMILES string of the molecule is O=C(Nc1ccccc1C(=O)O)c1ccc(Oc2ccc(OC3CCC(NC(=O)c4ccc(Cl)cc4)CC3)cc2)nc1. The summed E-state index contributed by atoms with van der Waals surface area (Å²) < 4.78 is 11.9. The molecule has 1 aromatic heterocycles. The van der Waals surface area contributed by atoms with Crippen LogP contribution in [0.2, 0.25) is 5.02 Å². The van der Waals surface area contributed by atoms with Crippen molar-refractivity contribution in [3.05, 3.63) is 113 Å². The highest BCUT2D eigenvalue weighted by atomic mass is 35.5. The zero-order valence-electron chi connectivity index (χ0n) is 22.5. The van der Waals surface area contributed by atoms with Gasteiger partial charge in [0.05, 0.1) is 22.9 Å². The first-order valence-electron chi connectivity index (χ1n) is 13.4. The number of halogens is 1. The third-order valence-corrected chi connectivity index (χ3v) is 7.12. The van der Waals surface area contributed by atoms with E-state index in [1.807, 2.05) is 12.1 Å². The Labute approximate surface area is 247 Å². The molecule has 0 aliphatic heterocycles. The Hall–Kier alpha value is -4.89. The van der Waals surface area contributed by atoms with E-state index in [1.54, 1.807) is 60.7 Å². The van der Waals surface area contributed by atoms with E-state index in [-0.39, 0.29) is 34.9 Å². The lowest BCUT2D eigenvalue weighted by Crippen LogP contribution is -2.39. The largest absolute Gasteiger partial charge is 0.490 e. The third kappa shape index (κ3) is 7.44. The standard InChI is InChI=1S/C32H28ClN3O6/c33-22-8-5-20(6-9-22)30(37)35-23-10-12-24(13-11-23)41-25-14-16-26(17-15-25)42-29-18-7-21(19-34-29)31(38)36-28-4-2-1-3-27(28)32(39)40/h1-9,14-19,23-24H,10-13H2,(H,35,37)(H,36,38)(H,39,40). The van der Waals surface area contributed by atoms with E-state index in [2.05, 4.69) is 15.6 Å². The van der Waals surface area contributed by atoms with Crippen LogP contribution in [0, 0.1) is 0 Å². The molecule has 0 bridgehead atoms. The van der Waals surface area contributed by atoms with Crippen molar-refractivity contribution < 1.29 is 29.0 Å². The van der Waals surface area contributed by atoms with Crippen LogP contribution in [0.4, 0.5) is 5.69 Å². The first-order chi connectivity index (χ1) is 20.3. The van der Waals surface area contributed by atoms with E-state index < -0.39 is 11.9 Å². The van der Waals surface area contributed by atoms with Crippen LogP contribution in [0.3, 0.4) is 0 Å². The molecule has 0 unspecified atom stereocenters. The van der Waals surface area contributed by atoms with Gasteiger partial charge in [0, 0.05) is 28.9 Å². The number of carbonyl (C=O) groups is 3. The Morgan fingerprint density at radius 1 is 0.786 bits per heavy atom. The smallest absolute Gasteiger partial charge is 0.337 e. The topological polar surface area (TPSA) is 127 Å². The molecule has 1 saturated carbocycles. The molecule has 1 fully saturated rings. The van der Waals surface area contributed by atoms with Gasteiger partial charge in [0.1, 0.15) is 11.5 Å². The van der Waals surface area contributed by atoms with Gasteiger partial charge in [0.25, 0.3) is 11.8 Å². The summed E-state index contributed by atoms with van der Waals surface area (Å²) in [5.41, 5.74) is 1.05. The van der Waals surface area contributed by atoms with Gasteiger partial charge in [-0.3, -0.25) is 9.59 Å². The number of nitrogens with one attached hydrogen (secondary N) is 2. The number of anilines is 1. The molecule has 214 valence electrons. The maximum atomic E-state index is 12.6. The maximum absolute atomic E-state index is 12.6. The van der Waals surface area contributed by atoms with Gasteiger partial charge in [-0.2, -0.15) is 0 Å². The number of carboxylic acid groups (broad SMARTS) is 1. The Morgan fingerprint density at radius 3 is 2.12 bits per heavy atom. The molecule has 5 rings (SSSR count). The quantitative estimate of drug-likeness (QED) is 0.202. The van der Waals surface area contributed by atoms with Crippen molar-refractivity contribution in [2.75, 3.05) is 5.32 Å². The number of rotatable bonds is 9. The molecule has 1 aliphatic rings. The fourth-order valence-corrected chi connectivity index (χ4v) is 4.77. The average molecular weight is 586 g/mol. The minimum atomic E-state index is -1.13. The summed E-state index contributed by atoms with van der Waals surface area (Å²) in [6.07, 6.45) is 4.74. The molecule has 9 nitrogen and oxygen atoms in total. The number of hydrogen-bond acceptors (Lipinski definition) is 6. The Bertz CT molecular complexity index is 1550. The molecule has 3 N–H and O–H groups in total. The highest BCUT2D eigenvalue weighted by Gasteiger charge is 2.24. The Kier molecular flexibility index (Phi) is 8.99. The van der Waals surface area contributed by atoms with Gasteiger partial charge in [-0.25, -0.2) is 9.78 Å². The molecule has 0 atom stereocenters. The fourth-order valence-electron chi connectivity index (χ4n) is 4.64. The van der Waals surface area contributed by atoms with Crippen LogP contribution in [0.25, 0.3) is 0 Å². The van der Waals surface area contributed by atoms with Crippen LogP contribution in [-0.2, 0) is 0 Å². The highest BCUT2D eigenvalue weighted by Crippen LogP contribution is 2.27. The van der Waals surface area contributed by atoms with Crippen molar-refractivity contribution >= 4 is 35.1 Å². The summed E-state index contributed by atoms with van der Waals surface area (Å²) in [7, 11) is 0. The number of carbonyl (C=O) groups excluding carboxylic acids is 2. The molecule has 3 aromatic carbocycles. The van der Waals surface area contributed by atoms with Crippen LogP contribution in [0.1, 0.15) is 56.8 Å². The van der Waals surface area contributed by atoms with Gasteiger partial charge >= 0.3 is 5.97 Å². The number of nitrogens with zero attached hydrogens (tertiary/aromatic N) is 1. The maximum Gasteiger partial charge on any atom is 0.337 e. The molecule has 42 heavy (non-hydrogen) atoms. The van der Waals surface area contributed by atoms with Crippen molar-refractivity contribution in [1.82, 2.24) is 10.3 Å². The molecule has 4 aromatic rings. The van der Waals surface area contributed by atoms with Gasteiger partial charge in [0.2, 0.25) is 5.88 Å². The number of benzene rings is 3. The van der Waals surface area contributed by atoms with Crippen molar-refractivity contribution in [3.8, 4) is 17.4 Å². The third-order valence-electron chi connectivity index (χ3n) is 6.87. The number of pyridine rings is 1. The van der Waals surface area contributed by atoms with Crippen LogP contribution < -0.4 is 20.1 Å². The number of ether oxygens (including phenoxy) is 2. The minimum Gasteiger partial charge on any atom is -0.490 e. The Balaban J connectivity index is 1.08. The predicted octanol–water partition coefficient (Wildman–Crippen LogP) is 6.60. The molecule has 10 heteroatoms. The minimum absolute atomic E-state index is 0.00222. The van der Waals surface area contributed by atoms with Crippen molar-refractivity contribution in [2.24, 2.45) is 0 Å². The van der Waals surface area contributed by atoms with E-state index in [0.717, 1.165) is 31.4 Å². The monoisotopic (exact) mass is 585 g/mol. The second-order valence-electron chi connectivity index (χ2n) is 9.84. The van der Waals surface area contributed by atoms with E-state index >= 15 is 0 Å². The molecule has 2 amide bonds. The molecule has 0 spiro atoms. The molecular formula is C32H28ClN3O6. The summed E-state index contributed by atoms with van der Waals surface area (Å²) in [5, 5.41) is 15.6. The molecule has 0 radical (unpaired) electrons. The van der Waals surface area contributed by atoms with E-state index in [0.29, 0.717) is 22.2 Å². The number of aromatic nitrogens is 1. The number of carboxylic acids is 1. The molecule has 1 heterocycles. The Morgan fingerprint density at radius 2 is 1.45 bits per heavy atom. The lowest BCUT2D eigenvalue weighted by molar-refractivity contribution is 0.0697. The summed E-state index contributed by atoms with van der Waals surface area (Å²) in [6.45, 7) is 0. The zero-order chi connectivity index (χ0) is 29.5. The lowest BCUT2D eigenvalue weighted by Gasteiger charge is -2.29. The second kappa shape index (κ2) is 13.2. The van der Waals surface area contributed by atoms with Crippen molar-refractivity contribution in [3.63, 3.8) is 0 Å². The summed E-state index contributed by atoms with van der Waals surface area (Å²) in [4.78, 5) is 40.6. The first kappa shape index (κ1) is 28.6.